The molecule has 7 nitrogen and oxygen atoms in total. The molecule has 1 unspecified atom stereocenters. The molecule has 3 amide bonds. The largest absolute Gasteiger partial charge is 0.333 e. The zero-order valence-corrected chi connectivity index (χ0v) is 15.2. The standard InChI is InChI=1S/C15H29N5O2.ClH/c1-15(2,3)18-14(22)17-13(21)11-19-6-8-20(9-7-19)12-4-5-16-10-12;/h12,16H,4-11H2,1-3H3,(H2,17,18,21,22);1H. The van der Waals surface area contributed by atoms with Crippen molar-refractivity contribution in [2.75, 3.05) is 45.8 Å². The Labute approximate surface area is 144 Å². The number of nitrogens with zero attached hydrogens (tertiary/aromatic N) is 2. The fourth-order valence-electron chi connectivity index (χ4n) is 2.98. The van der Waals surface area contributed by atoms with Crippen molar-refractivity contribution in [3.05, 3.63) is 0 Å². The molecule has 0 aromatic carbocycles. The highest BCUT2D eigenvalue weighted by atomic mass is 35.5. The smallest absolute Gasteiger partial charge is 0.321 e. The van der Waals surface area contributed by atoms with Gasteiger partial charge < -0.3 is 10.6 Å². The number of hydrogen-bond donors (Lipinski definition) is 3. The van der Waals surface area contributed by atoms with Gasteiger partial charge in [-0.05, 0) is 33.7 Å². The summed E-state index contributed by atoms with van der Waals surface area (Å²) in [6.45, 7) is 11.9. The Hall–Kier alpha value is -0.890. The fourth-order valence-corrected chi connectivity index (χ4v) is 2.98. The van der Waals surface area contributed by atoms with E-state index in [4.69, 9.17) is 0 Å². The molecule has 134 valence electrons. The lowest BCUT2D eigenvalue weighted by Gasteiger charge is -2.37. The molecule has 2 aliphatic rings. The van der Waals surface area contributed by atoms with Crippen LogP contribution in [0.15, 0.2) is 0 Å². The highest BCUT2D eigenvalue weighted by molar-refractivity contribution is 5.95. The normalized spacial score (nSPS) is 23.2. The third kappa shape index (κ3) is 7.03. The van der Waals surface area contributed by atoms with Crippen molar-refractivity contribution in [1.29, 1.82) is 0 Å². The molecule has 2 heterocycles. The van der Waals surface area contributed by atoms with Crippen molar-refractivity contribution in [3.63, 3.8) is 0 Å². The maximum atomic E-state index is 11.9. The number of rotatable bonds is 3. The molecule has 8 heteroatoms. The van der Waals surface area contributed by atoms with Gasteiger partial charge in [-0.15, -0.1) is 12.4 Å². The van der Waals surface area contributed by atoms with Gasteiger partial charge in [-0.25, -0.2) is 4.79 Å². The van der Waals surface area contributed by atoms with Crippen molar-refractivity contribution in [3.8, 4) is 0 Å². The third-order valence-corrected chi connectivity index (χ3v) is 4.07. The molecule has 0 saturated carbocycles. The van der Waals surface area contributed by atoms with Crippen molar-refractivity contribution < 1.29 is 9.59 Å². The molecule has 1 atom stereocenters. The van der Waals surface area contributed by atoms with Gasteiger partial charge in [-0.3, -0.25) is 19.9 Å². The molecular formula is C15H30ClN5O2. The van der Waals surface area contributed by atoms with Crippen molar-refractivity contribution in [2.45, 2.75) is 38.8 Å². The first-order valence-corrected chi connectivity index (χ1v) is 8.12. The number of nitrogens with one attached hydrogen (secondary N) is 3. The quantitative estimate of drug-likeness (QED) is 0.670. The first-order chi connectivity index (χ1) is 10.3. The lowest BCUT2D eigenvalue weighted by atomic mass is 10.1. The maximum Gasteiger partial charge on any atom is 0.321 e. The van der Waals surface area contributed by atoms with Gasteiger partial charge in [-0.2, -0.15) is 0 Å². The Morgan fingerprint density at radius 3 is 2.35 bits per heavy atom. The summed E-state index contributed by atoms with van der Waals surface area (Å²) in [7, 11) is 0. The summed E-state index contributed by atoms with van der Waals surface area (Å²) in [5.74, 6) is -0.238. The minimum atomic E-state index is -0.423. The first-order valence-electron chi connectivity index (χ1n) is 8.12. The monoisotopic (exact) mass is 347 g/mol. The van der Waals surface area contributed by atoms with Crippen LogP contribution in [0.25, 0.3) is 0 Å². The number of hydrogen-bond acceptors (Lipinski definition) is 5. The highest BCUT2D eigenvalue weighted by Crippen LogP contribution is 2.11. The summed E-state index contributed by atoms with van der Waals surface area (Å²) < 4.78 is 0. The number of urea groups is 1. The average molecular weight is 348 g/mol. The van der Waals surface area contributed by atoms with Crippen LogP contribution in [0, 0.1) is 0 Å². The van der Waals surface area contributed by atoms with Crippen LogP contribution in [0.2, 0.25) is 0 Å². The summed E-state index contributed by atoms with van der Waals surface area (Å²) in [5, 5.41) is 8.51. The van der Waals surface area contributed by atoms with Gasteiger partial charge in [0.2, 0.25) is 5.91 Å². The van der Waals surface area contributed by atoms with Crippen LogP contribution >= 0.6 is 12.4 Å². The Morgan fingerprint density at radius 1 is 1.17 bits per heavy atom. The van der Waals surface area contributed by atoms with E-state index >= 15 is 0 Å². The second-order valence-corrected chi connectivity index (χ2v) is 7.21. The molecule has 3 N–H and O–H groups in total. The van der Waals surface area contributed by atoms with Gasteiger partial charge in [0.15, 0.2) is 0 Å². The van der Waals surface area contributed by atoms with E-state index in [1.54, 1.807) is 0 Å². The molecule has 0 spiro atoms. The van der Waals surface area contributed by atoms with Crippen molar-refractivity contribution in [1.82, 2.24) is 25.8 Å². The van der Waals surface area contributed by atoms with Crippen LogP contribution in [0.4, 0.5) is 4.79 Å². The van der Waals surface area contributed by atoms with Gasteiger partial charge in [0.25, 0.3) is 0 Å². The number of carbonyl (C=O) groups excluding carboxylic acids is 2. The molecule has 23 heavy (non-hydrogen) atoms. The van der Waals surface area contributed by atoms with E-state index in [9.17, 15) is 9.59 Å². The zero-order chi connectivity index (χ0) is 16.2. The molecule has 0 bridgehead atoms. The van der Waals surface area contributed by atoms with E-state index in [0.717, 1.165) is 39.3 Å². The van der Waals surface area contributed by atoms with E-state index in [-0.39, 0.29) is 30.4 Å². The van der Waals surface area contributed by atoms with Crippen LogP contribution in [0.1, 0.15) is 27.2 Å². The van der Waals surface area contributed by atoms with E-state index in [1.165, 1.54) is 6.42 Å². The second kappa shape index (κ2) is 8.82. The SMILES string of the molecule is CC(C)(C)NC(=O)NC(=O)CN1CCN(C2CCNC2)CC1.Cl. The van der Waals surface area contributed by atoms with Crippen molar-refractivity contribution >= 4 is 24.3 Å². The van der Waals surface area contributed by atoms with E-state index < -0.39 is 6.03 Å². The first kappa shape index (κ1) is 20.2. The highest BCUT2D eigenvalue weighted by Gasteiger charge is 2.27. The van der Waals surface area contributed by atoms with E-state index in [0.29, 0.717) is 6.04 Å². The lowest BCUT2D eigenvalue weighted by molar-refractivity contribution is -0.121. The zero-order valence-electron chi connectivity index (χ0n) is 14.4. The molecule has 2 saturated heterocycles. The van der Waals surface area contributed by atoms with Gasteiger partial charge >= 0.3 is 6.03 Å². The molecule has 0 aromatic rings. The van der Waals surface area contributed by atoms with Gasteiger partial charge in [0, 0.05) is 44.3 Å². The summed E-state index contributed by atoms with van der Waals surface area (Å²) in [6, 6.07) is 0.224. The molecular weight excluding hydrogens is 318 g/mol. The minimum Gasteiger partial charge on any atom is -0.333 e. The number of carbonyl (C=O) groups is 2. The van der Waals surface area contributed by atoms with E-state index in [1.807, 2.05) is 20.8 Å². The van der Waals surface area contributed by atoms with Crippen LogP contribution in [0.5, 0.6) is 0 Å². The molecule has 0 radical (unpaired) electrons. The van der Waals surface area contributed by atoms with Crippen LogP contribution in [0.3, 0.4) is 0 Å². The number of amides is 3. The fraction of sp³-hybridized carbons (Fsp3) is 0.867. The summed E-state index contributed by atoms with van der Waals surface area (Å²) >= 11 is 0. The predicted molar refractivity (Wildman–Crippen MR) is 93.0 cm³/mol. The topological polar surface area (TPSA) is 76.7 Å². The summed E-state index contributed by atoms with van der Waals surface area (Å²) in [6.07, 6.45) is 1.22. The molecule has 0 aromatic heterocycles. The third-order valence-electron chi connectivity index (χ3n) is 4.07. The summed E-state index contributed by atoms with van der Waals surface area (Å²) in [4.78, 5) is 28.2. The maximum absolute atomic E-state index is 11.9. The lowest BCUT2D eigenvalue weighted by Crippen LogP contribution is -2.54. The number of halogens is 1. The molecule has 2 fully saturated rings. The minimum absolute atomic E-state index is 0. The van der Waals surface area contributed by atoms with Gasteiger partial charge in [0.1, 0.15) is 0 Å². The number of piperazine rings is 1. The predicted octanol–water partition coefficient (Wildman–Crippen LogP) is 0.0120. The average Bonchev–Trinajstić information content (AvgIpc) is 2.90. The van der Waals surface area contributed by atoms with Crippen molar-refractivity contribution in [2.24, 2.45) is 0 Å². The van der Waals surface area contributed by atoms with Crippen LogP contribution < -0.4 is 16.0 Å². The van der Waals surface area contributed by atoms with Gasteiger partial charge in [0.05, 0.1) is 6.54 Å². The Bertz CT molecular complexity index is 399. The molecule has 0 aliphatic carbocycles. The van der Waals surface area contributed by atoms with E-state index in [2.05, 4.69) is 25.8 Å². The molecule has 2 aliphatic heterocycles. The Kier molecular flexibility index (Phi) is 7.73. The van der Waals surface area contributed by atoms with Crippen LogP contribution in [-0.2, 0) is 4.79 Å². The second-order valence-electron chi connectivity index (χ2n) is 7.21. The Morgan fingerprint density at radius 2 is 1.83 bits per heavy atom. The summed E-state index contributed by atoms with van der Waals surface area (Å²) in [5.41, 5.74) is -0.342. The Balaban J connectivity index is 0.00000264. The number of imide groups is 1. The molecule has 2 rings (SSSR count). The van der Waals surface area contributed by atoms with Crippen LogP contribution in [-0.4, -0.2) is 79.1 Å². The van der Waals surface area contributed by atoms with Gasteiger partial charge in [-0.1, -0.05) is 0 Å².